The lowest BCUT2D eigenvalue weighted by atomic mass is 9.96. The Hall–Kier alpha value is -2.07. The Morgan fingerprint density at radius 2 is 1.65 bits per heavy atom. The fraction of sp³-hybridized carbons (Fsp3) is 0.312. The molecule has 0 saturated carbocycles. The predicted octanol–water partition coefficient (Wildman–Crippen LogP) is 1.51. The van der Waals surface area contributed by atoms with E-state index in [-0.39, 0.29) is 0 Å². The van der Waals surface area contributed by atoms with Gasteiger partial charge in [0.2, 0.25) is 0 Å². The lowest BCUT2D eigenvalue weighted by Gasteiger charge is -2.27. The van der Waals surface area contributed by atoms with Gasteiger partial charge in [0.25, 0.3) is 0 Å². The zero-order valence-electron chi connectivity index (χ0n) is 12.3. The predicted molar refractivity (Wildman–Crippen MR) is 82.5 cm³/mol. The number of hydrogen-bond acceptors (Lipinski definition) is 1. The molecule has 104 valence electrons. The van der Waals surface area contributed by atoms with Crippen LogP contribution in [0.3, 0.4) is 0 Å². The fourth-order valence-corrected chi connectivity index (χ4v) is 2.84. The van der Waals surface area contributed by atoms with Crippen LogP contribution < -0.4 is 10.7 Å². The van der Waals surface area contributed by atoms with Crippen molar-refractivity contribution in [3.8, 4) is 0 Å². The van der Waals surface area contributed by atoms with Gasteiger partial charge in [0.15, 0.2) is 0 Å². The first kappa shape index (κ1) is 12.9. The van der Waals surface area contributed by atoms with Crippen molar-refractivity contribution >= 4 is 16.7 Å². The topological polar surface area (TPSA) is 30.3 Å². The van der Waals surface area contributed by atoms with E-state index in [1.807, 2.05) is 25.7 Å². The minimum atomic E-state index is 0.910. The minimum Gasteiger partial charge on any atom is -0.279 e. The van der Waals surface area contributed by atoms with Gasteiger partial charge in [-0.15, -0.1) is 0 Å². The van der Waals surface area contributed by atoms with E-state index in [1.165, 1.54) is 21.9 Å². The molecule has 3 rings (SSSR count). The van der Waals surface area contributed by atoms with Crippen LogP contribution in [-0.2, 0) is 13.1 Å². The van der Waals surface area contributed by atoms with Crippen LogP contribution in [0.15, 0.2) is 36.4 Å². The molecule has 0 fully saturated rings. The number of hydrazine groups is 1. The average molecular weight is 269 g/mol. The highest BCUT2D eigenvalue weighted by molar-refractivity contribution is 5.89. The van der Waals surface area contributed by atoms with E-state index in [9.17, 15) is 0 Å². The molecule has 0 radical (unpaired) electrons. The molecule has 0 bridgehead atoms. The third kappa shape index (κ3) is 2.23. The Kier molecular flexibility index (Phi) is 3.32. The van der Waals surface area contributed by atoms with Crippen molar-refractivity contribution < 1.29 is 4.58 Å². The molecular formula is C16H21N4+. The van der Waals surface area contributed by atoms with Gasteiger partial charge < -0.3 is 0 Å². The summed E-state index contributed by atoms with van der Waals surface area (Å²) in [5.41, 5.74) is 6.21. The molecule has 20 heavy (non-hydrogen) atoms. The van der Waals surface area contributed by atoms with E-state index >= 15 is 0 Å². The molecule has 0 aromatic heterocycles. The van der Waals surface area contributed by atoms with E-state index < -0.39 is 0 Å². The number of nitrogens with one attached hydrogen (secondary N) is 2. The Morgan fingerprint density at radius 3 is 2.15 bits per heavy atom. The van der Waals surface area contributed by atoms with Gasteiger partial charge in [0.05, 0.1) is 34.2 Å². The summed E-state index contributed by atoms with van der Waals surface area (Å²) in [4.78, 5) is 0. The molecule has 0 spiro atoms. The molecule has 4 nitrogen and oxygen atoms in total. The first-order valence-corrected chi connectivity index (χ1v) is 6.92. The normalized spacial score (nSPS) is 14.2. The van der Waals surface area contributed by atoms with E-state index in [0.29, 0.717) is 0 Å². The van der Waals surface area contributed by atoms with Crippen LogP contribution >= 0.6 is 0 Å². The molecule has 0 atom stereocenters. The summed E-state index contributed by atoms with van der Waals surface area (Å²) in [6.07, 6.45) is 0. The first-order valence-electron chi connectivity index (χ1n) is 6.92. The van der Waals surface area contributed by atoms with Crippen LogP contribution in [0.25, 0.3) is 10.8 Å². The molecule has 4 heteroatoms. The molecular weight excluding hydrogens is 248 g/mol. The summed E-state index contributed by atoms with van der Waals surface area (Å²) < 4.78 is 2.04. The monoisotopic (exact) mass is 269 g/mol. The number of nitrogens with zero attached hydrogens (tertiary/aromatic N) is 2. The van der Waals surface area contributed by atoms with Gasteiger partial charge in [-0.1, -0.05) is 36.4 Å². The van der Waals surface area contributed by atoms with Crippen LogP contribution in [0.4, 0.5) is 0 Å². The highest BCUT2D eigenvalue weighted by atomic mass is 15.6. The first-order chi connectivity index (χ1) is 9.69. The zero-order chi connectivity index (χ0) is 14.1. The van der Waals surface area contributed by atoms with E-state index in [4.69, 9.17) is 0 Å². The minimum absolute atomic E-state index is 0.910. The Morgan fingerprint density at radius 1 is 1.05 bits per heavy atom. The highest BCUT2D eigenvalue weighted by Gasteiger charge is 2.21. The summed E-state index contributed by atoms with van der Waals surface area (Å²) in [6.45, 7) is 1.82. The highest BCUT2D eigenvalue weighted by Crippen LogP contribution is 2.28. The van der Waals surface area contributed by atoms with Crippen LogP contribution in [-0.4, -0.2) is 36.7 Å². The van der Waals surface area contributed by atoms with Gasteiger partial charge >= 0.3 is 5.96 Å². The standard InChI is InChI=1S/C16H20N4/c1-17-16(19(2)3)18-20-10-13-8-4-6-12-7-5-9-14(11-20)15(12)13/h4-9H,10-11H2,1-3H3,(H,17,18)/p+1. The fourth-order valence-electron chi connectivity index (χ4n) is 2.84. The van der Waals surface area contributed by atoms with Crippen LogP contribution in [0.5, 0.6) is 0 Å². The van der Waals surface area contributed by atoms with Crippen molar-refractivity contribution in [3.63, 3.8) is 0 Å². The molecule has 0 unspecified atom stereocenters. The summed E-state index contributed by atoms with van der Waals surface area (Å²) in [5.74, 6) is 0.997. The zero-order valence-corrected chi connectivity index (χ0v) is 12.3. The lowest BCUT2D eigenvalue weighted by Crippen LogP contribution is -2.50. The second-order valence-electron chi connectivity index (χ2n) is 5.39. The largest absolute Gasteiger partial charge is 0.362 e. The molecule has 1 heterocycles. The Labute approximate surface area is 119 Å². The van der Waals surface area contributed by atoms with Gasteiger partial charge in [-0.05, 0) is 21.9 Å². The summed E-state index contributed by atoms with van der Waals surface area (Å²) in [5, 5.41) is 8.18. The molecule has 0 saturated heterocycles. The van der Waals surface area contributed by atoms with Crippen LogP contribution in [0, 0.1) is 0 Å². The summed E-state index contributed by atoms with van der Waals surface area (Å²) in [7, 11) is 5.98. The van der Waals surface area contributed by atoms with Gasteiger partial charge in [-0.25, -0.2) is 5.43 Å². The van der Waals surface area contributed by atoms with Gasteiger partial charge in [-0.2, -0.15) is 5.01 Å². The number of rotatable bonds is 1. The number of benzene rings is 2. The van der Waals surface area contributed by atoms with Crippen LogP contribution in [0.1, 0.15) is 11.1 Å². The maximum absolute atomic E-state index is 3.45. The maximum Gasteiger partial charge on any atom is 0.362 e. The van der Waals surface area contributed by atoms with Gasteiger partial charge in [0, 0.05) is 0 Å². The van der Waals surface area contributed by atoms with Crippen molar-refractivity contribution in [3.05, 3.63) is 47.5 Å². The van der Waals surface area contributed by atoms with Crippen molar-refractivity contribution in [2.45, 2.75) is 13.1 Å². The summed E-state index contributed by atoms with van der Waals surface area (Å²) >= 11 is 0. The molecule has 2 aromatic carbocycles. The number of hydrogen-bond donors (Lipinski definition) is 2. The van der Waals surface area contributed by atoms with Crippen LogP contribution in [0.2, 0.25) is 0 Å². The Balaban J connectivity index is 1.94. The SMILES string of the molecule is CNC(NN1Cc2cccc3cccc(c23)C1)=[N+](C)C. The maximum atomic E-state index is 3.45. The third-order valence-electron chi connectivity index (χ3n) is 3.75. The molecule has 2 N–H and O–H groups in total. The molecule has 1 aliphatic heterocycles. The molecule has 1 aliphatic rings. The lowest BCUT2D eigenvalue weighted by molar-refractivity contribution is -0.470. The number of guanidine groups is 1. The average Bonchev–Trinajstić information content (AvgIpc) is 2.45. The summed E-state index contributed by atoms with van der Waals surface area (Å²) in [6, 6.07) is 13.1. The van der Waals surface area contributed by atoms with E-state index in [2.05, 4.69) is 52.1 Å². The second-order valence-corrected chi connectivity index (χ2v) is 5.39. The van der Waals surface area contributed by atoms with E-state index in [1.54, 1.807) is 0 Å². The van der Waals surface area contributed by atoms with Crippen molar-refractivity contribution in [2.24, 2.45) is 0 Å². The third-order valence-corrected chi connectivity index (χ3v) is 3.75. The second kappa shape index (κ2) is 5.13. The smallest absolute Gasteiger partial charge is 0.279 e. The van der Waals surface area contributed by atoms with Gasteiger partial charge in [-0.3, -0.25) is 9.89 Å². The molecule has 2 aromatic rings. The van der Waals surface area contributed by atoms with E-state index in [0.717, 1.165) is 19.0 Å². The quantitative estimate of drug-likeness (QED) is 0.467. The Bertz CT molecular complexity index is 630. The van der Waals surface area contributed by atoms with Crippen molar-refractivity contribution in [2.75, 3.05) is 21.1 Å². The molecule has 0 aliphatic carbocycles. The van der Waals surface area contributed by atoms with Crippen molar-refractivity contribution in [1.82, 2.24) is 15.8 Å². The van der Waals surface area contributed by atoms with Crippen molar-refractivity contribution in [1.29, 1.82) is 0 Å². The van der Waals surface area contributed by atoms with Gasteiger partial charge in [0.1, 0.15) is 0 Å². The molecule has 0 amide bonds.